The second kappa shape index (κ2) is 9.09. The maximum absolute atomic E-state index is 11.8. The van der Waals surface area contributed by atoms with Crippen molar-refractivity contribution in [2.75, 3.05) is 10.6 Å². The third-order valence-electron chi connectivity index (χ3n) is 4.96. The summed E-state index contributed by atoms with van der Waals surface area (Å²) < 4.78 is 5.73. The van der Waals surface area contributed by atoms with Crippen LogP contribution in [0.3, 0.4) is 0 Å². The third kappa shape index (κ3) is 5.35. The van der Waals surface area contributed by atoms with E-state index in [-0.39, 0.29) is 23.9 Å². The van der Waals surface area contributed by atoms with Crippen LogP contribution >= 0.6 is 0 Å². The van der Waals surface area contributed by atoms with Crippen molar-refractivity contribution in [1.29, 1.82) is 0 Å². The molecule has 8 heteroatoms. The molecule has 156 valence electrons. The Morgan fingerprint density at radius 3 is 2.69 bits per heavy atom. The number of carbonyl (C=O) groups excluding carboxylic acids is 1. The minimum Gasteiger partial charge on any atom is -0.489 e. The molecule has 8 nitrogen and oxygen atoms in total. The number of rotatable bonds is 7. The summed E-state index contributed by atoms with van der Waals surface area (Å²) in [4.78, 5) is 20.6. The van der Waals surface area contributed by atoms with Crippen LogP contribution in [0.5, 0.6) is 5.75 Å². The first kappa shape index (κ1) is 20.9. The van der Waals surface area contributed by atoms with Gasteiger partial charge in [0.25, 0.3) is 5.91 Å². The molecule has 1 aliphatic rings. The summed E-state index contributed by atoms with van der Waals surface area (Å²) in [5.74, 6) is 0.694. The Balaban J connectivity index is 1.83. The van der Waals surface area contributed by atoms with Crippen LogP contribution in [0.15, 0.2) is 24.4 Å². The molecule has 1 amide bonds. The van der Waals surface area contributed by atoms with Crippen molar-refractivity contribution in [3.05, 3.63) is 35.8 Å². The van der Waals surface area contributed by atoms with Gasteiger partial charge in [-0.1, -0.05) is 12.8 Å². The van der Waals surface area contributed by atoms with Crippen molar-refractivity contribution in [2.24, 2.45) is 11.5 Å². The molecule has 3 rings (SSSR count). The average molecular weight is 399 g/mol. The Morgan fingerprint density at radius 2 is 2.03 bits per heavy atom. The summed E-state index contributed by atoms with van der Waals surface area (Å²) in [5, 5.41) is 6.61. The molecule has 2 aromatic heterocycles. The molecular formula is C21H30N6O2. The highest BCUT2D eigenvalue weighted by Gasteiger charge is 2.22. The second-order valence-corrected chi connectivity index (χ2v) is 7.76. The van der Waals surface area contributed by atoms with Gasteiger partial charge in [-0.3, -0.25) is 4.79 Å². The molecule has 29 heavy (non-hydrogen) atoms. The van der Waals surface area contributed by atoms with Crippen LogP contribution in [0.4, 0.5) is 17.2 Å². The van der Waals surface area contributed by atoms with Crippen molar-refractivity contribution in [3.63, 3.8) is 0 Å². The Hall–Kier alpha value is -2.87. The lowest BCUT2D eigenvalue weighted by Crippen LogP contribution is -2.42. The van der Waals surface area contributed by atoms with E-state index in [1.165, 1.54) is 0 Å². The normalized spacial score (nSPS) is 19.1. The Morgan fingerprint density at radius 1 is 1.28 bits per heavy atom. The predicted molar refractivity (Wildman–Crippen MR) is 115 cm³/mol. The van der Waals surface area contributed by atoms with Gasteiger partial charge in [-0.2, -0.15) is 0 Å². The first-order valence-corrected chi connectivity index (χ1v) is 10.1. The van der Waals surface area contributed by atoms with Gasteiger partial charge in [-0.25, -0.2) is 9.97 Å². The number of aryl methyl sites for hydroxylation is 1. The Labute approximate surface area is 171 Å². The van der Waals surface area contributed by atoms with E-state index in [0.29, 0.717) is 11.5 Å². The molecule has 1 saturated carbocycles. The van der Waals surface area contributed by atoms with Crippen LogP contribution in [0.1, 0.15) is 55.7 Å². The second-order valence-electron chi connectivity index (χ2n) is 7.76. The minimum absolute atomic E-state index is 0.0638. The molecule has 0 bridgehead atoms. The number of amides is 1. The lowest BCUT2D eigenvalue weighted by Gasteiger charge is -2.30. The summed E-state index contributed by atoms with van der Waals surface area (Å²) >= 11 is 0. The molecule has 0 spiro atoms. The lowest BCUT2D eigenvalue weighted by atomic mass is 9.91. The number of aromatic nitrogens is 2. The maximum Gasteiger partial charge on any atom is 0.269 e. The molecular weight excluding hydrogens is 368 g/mol. The molecule has 2 aromatic rings. The van der Waals surface area contributed by atoms with Crippen LogP contribution in [0, 0.1) is 6.92 Å². The first-order valence-electron chi connectivity index (χ1n) is 10.1. The van der Waals surface area contributed by atoms with Crippen LogP contribution in [-0.4, -0.2) is 34.1 Å². The summed E-state index contributed by atoms with van der Waals surface area (Å²) in [6.45, 7) is 5.80. The van der Waals surface area contributed by atoms with E-state index in [4.69, 9.17) is 16.2 Å². The van der Waals surface area contributed by atoms with Crippen molar-refractivity contribution in [3.8, 4) is 5.75 Å². The first-order chi connectivity index (χ1) is 13.8. The van der Waals surface area contributed by atoms with Gasteiger partial charge in [0.1, 0.15) is 11.6 Å². The number of nitrogens with zero attached hydrogens (tertiary/aromatic N) is 2. The molecule has 6 N–H and O–H groups in total. The van der Waals surface area contributed by atoms with Crippen molar-refractivity contribution in [1.82, 2.24) is 9.97 Å². The number of hydrogen-bond acceptors (Lipinski definition) is 7. The number of carbonyl (C=O) groups is 1. The summed E-state index contributed by atoms with van der Waals surface area (Å²) in [7, 11) is 0. The van der Waals surface area contributed by atoms with Crippen LogP contribution in [0.25, 0.3) is 0 Å². The molecule has 0 aliphatic heterocycles. The predicted octanol–water partition coefficient (Wildman–Crippen LogP) is 3.10. The average Bonchev–Trinajstić information content (AvgIpc) is 2.65. The largest absolute Gasteiger partial charge is 0.489 e. The van der Waals surface area contributed by atoms with Crippen LogP contribution in [0.2, 0.25) is 0 Å². The van der Waals surface area contributed by atoms with Crippen molar-refractivity contribution in [2.45, 2.75) is 64.6 Å². The number of anilines is 3. The molecule has 0 radical (unpaired) electrons. The lowest BCUT2D eigenvalue weighted by molar-refractivity contribution is 0.0996. The molecule has 0 saturated heterocycles. The van der Waals surface area contributed by atoms with Gasteiger partial charge in [0, 0.05) is 12.1 Å². The zero-order valence-electron chi connectivity index (χ0n) is 17.2. The van der Waals surface area contributed by atoms with Gasteiger partial charge in [0.15, 0.2) is 5.69 Å². The fourth-order valence-electron chi connectivity index (χ4n) is 3.52. The zero-order chi connectivity index (χ0) is 21.0. The molecule has 2 atom stereocenters. The van der Waals surface area contributed by atoms with Crippen molar-refractivity contribution < 1.29 is 9.53 Å². The highest BCUT2D eigenvalue weighted by Crippen LogP contribution is 2.27. The van der Waals surface area contributed by atoms with E-state index in [9.17, 15) is 4.79 Å². The highest BCUT2D eigenvalue weighted by atomic mass is 16.5. The molecule has 0 aromatic carbocycles. The SMILES string of the molecule is Cc1nc(Nc2cc(N[C@H]3CCCCC3N)cnc2C(N)=O)ccc1OC(C)C. The standard InChI is InChI=1S/C21H30N6O2/c1-12(2)29-18-8-9-19(25-13(18)3)27-17-10-14(11-24-20(17)21(23)28)26-16-7-5-4-6-15(16)22/h8-12,15-16,26H,4-7,22H2,1-3H3,(H2,23,28)(H,25,27)/t15?,16-/m0/s1. The van der Waals surface area contributed by atoms with E-state index in [1.54, 1.807) is 12.3 Å². The molecule has 1 unspecified atom stereocenters. The molecule has 1 aliphatic carbocycles. The fraction of sp³-hybridized carbons (Fsp3) is 0.476. The van der Waals surface area contributed by atoms with Gasteiger partial charge in [0.2, 0.25) is 0 Å². The van der Waals surface area contributed by atoms with E-state index in [2.05, 4.69) is 20.6 Å². The quantitative estimate of drug-likeness (QED) is 0.564. The summed E-state index contributed by atoms with van der Waals surface area (Å²) in [6.07, 6.45) is 6.01. The van der Waals surface area contributed by atoms with Crippen molar-refractivity contribution >= 4 is 23.1 Å². The van der Waals surface area contributed by atoms with Gasteiger partial charge in [-0.15, -0.1) is 0 Å². The van der Waals surface area contributed by atoms with E-state index < -0.39 is 5.91 Å². The topological polar surface area (TPSA) is 128 Å². The van der Waals surface area contributed by atoms with Crippen LogP contribution in [-0.2, 0) is 0 Å². The van der Waals surface area contributed by atoms with Gasteiger partial charge < -0.3 is 26.8 Å². The summed E-state index contributed by atoms with van der Waals surface area (Å²) in [6, 6.07) is 5.77. The smallest absolute Gasteiger partial charge is 0.269 e. The number of hydrogen-bond donors (Lipinski definition) is 4. The van der Waals surface area contributed by atoms with Gasteiger partial charge >= 0.3 is 0 Å². The molecule has 2 heterocycles. The fourth-order valence-corrected chi connectivity index (χ4v) is 3.52. The monoisotopic (exact) mass is 398 g/mol. The zero-order valence-corrected chi connectivity index (χ0v) is 17.2. The number of ether oxygens (including phenoxy) is 1. The number of pyridine rings is 2. The Kier molecular flexibility index (Phi) is 6.53. The number of nitrogens with one attached hydrogen (secondary N) is 2. The third-order valence-corrected chi connectivity index (χ3v) is 4.96. The van der Waals surface area contributed by atoms with Gasteiger partial charge in [0.05, 0.1) is 29.4 Å². The Bertz CT molecular complexity index is 870. The van der Waals surface area contributed by atoms with Gasteiger partial charge in [-0.05, 0) is 51.8 Å². The maximum atomic E-state index is 11.8. The molecule has 1 fully saturated rings. The van der Waals surface area contributed by atoms with Crippen LogP contribution < -0.4 is 26.8 Å². The number of nitrogens with two attached hydrogens (primary N) is 2. The highest BCUT2D eigenvalue weighted by molar-refractivity contribution is 5.97. The number of primary amides is 1. The minimum atomic E-state index is -0.607. The van der Waals surface area contributed by atoms with E-state index in [1.807, 2.05) is 32.9 Å². The van der Waals surface area contributed by atoms with E-state index >= 15 is 0 Å². The summed E-state index contributed by atoms with van der Waals surface area (Å²) in [5.41, 5.74) is 13.9. The van der Waals surface area contributed by atoms with E-state index in [0.717, 1.165) is 42.8 Å².